The maximum atomic E-state index is 12.2. The van der Waals surface area contributed by atoms with Crippen molar-refractivity contribution in [2.45, 2.75) is 26.7 Å². The van der Waals surface area contributed by atoms with Gasteiger partial charge >= 0.3 is 5.97 Å². The summed E-state index contributed by atoms with van der Waals surface area (Å²) in [5, 5.41) is 9.51. The number of rotatable bonds is 2. The standard InChI is InChI=1S/C15H17NO3/c1-8(2)10-6-13-11(5-9(10)3)14(17)12(15(18)19)7-16(13)4/h5-8H,1-4H3,(H,18,19). The summed E-state index contributed by atoms with van der Waals surface area (Å²) in [4.78, 5) is 23.2. The fourth-order valence-corrected chi connectivity index (χ4v) is 2.43. The number of hydrogen-bond acceptors (Lipinski definition) is 2. The quantitative estimate of drug-likeness (QED) is 0.902. The van der Waals surface area contributed by atoms with E-state index in [0.29, 0.717) is 11.3 Å². The first-order valence-corrected chi connectivity index (χ1v) is 6.20. The van der Waals surface area contributed by atoms with E-state index >= 15 is 0 Å². The van der Waals surface area contributed by atoms with E-state index in [4.69, 9.17) is 5.11 Å². The van der Waals surface area contributed by atoms with Gasteiger partial charge < -0.3 is 9.67 Å². The van der Waals surface area contributed by atoms with Crippen LogP contribution in [0.15, 0.2) is 23.1 Å². The molecule has 2 aromatic rings. The summed E-state index contributed by atoms with van der Waals surface area (Å²) in [7, 11) is 1.76. The first-order chi connectivity index (χ1) is 8.82. The van der Waals surface area contributed by atoms with E-state index in [2.05, 4.69) is 13.8 Å². The third-order valence-electron chi connectivity index (χ3n) is 3.43. The molecule has 0 aliphatic carbocycles. The van der Waals surface area contributed by atoms with Crippen LogP contribution in [0.4, 0.5) is 0 Å². The number of carboxylic acid groups (broad SMARTS) is 1. The molecule has 0 unspecified atom stereocenters. The van der Waals surface area contributed by atoms with Gasteiger partial charge in [-0.25, -0.2) is 4.79 Å². The normalized spacial score (nSPS) is 11.2. The van der Waals surface area contributed by atoms with Gasteiger partial charge in [0, 0.05) is 18.6 Å². The summed E-state index contributed by atoms with van der Waals surface area (Å²) in [5.41, 5.74) is 2.35. The molecule has 1 aromatic carbocycles. The van der Waals surface area contributed by atoms with Crippen molar-refractivity contribution in [3.05, 3.63) is 45.2 Å². The zero-order valence-corrected chi connectivity index (χ0v) is 11.5. The predicted molar refractivity (Wildman–Crippen MR) is 75.0 cm³/mol. The Kier molecular flexibility index (Phi) is 3.18. The summed E-state index contributed by atoms with van der Waals surface area (Å²) in [6, 6.07) is 3.77. The summed E-state index contributed by atoms with van der Waals surface area (Å²) in [6.07, 6.45) is 1.38. The largest absolute Gasteiger partial charge is 0.477 e. The second-order valence-electron chi connectivity index (χ2n) is 5.17. The molecular weight excluding hydrogens is 242 g/mol. The molecule has 0 radical (unpaired) electrons. The van der Waals surface area contributed by atoms with E-state index in [1.807, 2.05) is 13.0 Å². The van der Waals surface area contributed by atoms with Gasteiger partial charge in [-0.05, 0) is 36.1 Å². The van der Waals surface area contributed by atoms with Gasteiger partial charge in [0.1, 0.15) is 5.56 Å². The van der Waals surface area contributed by atoms with Crippen molar-refractivity contribution in [2.24, 2.45) is 7.05 Å². The Labute approximate surface area is 111 Å². The smallest absolute Gasteiger partial charge is 0.341 e. The Morgan fingerprint density at radius 3 is 2.47 bits per heavy atom. The van der Waals surface area contributed by atoms with Crippen LogP contribution in [-0.2, 0) is 7.05 Å². The highest BCUT2D eigenvalue weighted by Crippen LogP contribution is 2.24. The molecule has 4 heteroatoms. The predicted octanol–water partition coefficient (Wildman–Crippen LogP) is 2.67. The van der Waals surface area contributed by atoms with Gasteiger partial charge in [-0.2, -0.15) is 0 Å². The Morgan fingerprint density at radius 1 is 1.32 bits per heavy atom. The van der Waals surface area contributed by atoms with Crippen LogP contribution in [0.1, 0.15) is 41.3 Å². The number of nitrogens with zero attached hydrogens (tertiary/aromatic N) is 1. The minimum Gasteiger partial charge on any atom is -0.477 e. The van der Waals surface area contributed by atoms with Gasteiger partial charge in [-0.3, -0.25) is 4.79 Å². The summed E-state index contributed by atoms with van der Waals surface area (Å²) in [6.45, 7) is 6.14. The topological polar surface area (TPSA) is 59.3 Å². The van der Waals surface area contributed by atoms with Gasteiger partial charge in [0.25, 0.3) is 0 Å². The van der Waals surface area contributed by atoms with Crippen LogP contribution < -0.4 is 5.43 Å². The molecule has 100 valence electrons. The lowest BCUT2D eigenvalue weighted by atomic mass is 9.95. The van der Waals surface area contributed by atoms with E-state index in [1.165, 1.54) is 11.8 Å². The lowest BCUT2D eigenvalue weighted by Crippen LogP contribution is -2.18. The Bertz CT molecular complexity index is 726. The Morgan fingerprint density at radius 2 is 1.95 bits per heavy atom. The molecule has 2 rings (SSSR count). The third kappa shape index (κ3) is 2.14. The molecule has 0 fully saturated rings. The van der Waals surface area contributed by atoms with E-state index < -0.39 is 11.4 Å². The number of carbonyl (C=O) groups is 1. The summed E-state index contributed by atoms with van der Waals surface area (Å²) >= 11 is 0. The van der Waals surface area contributed by atoms with Gasteiger partial charge in [0.15, 0.2) is 0 Å². The number of pyridine rings is 1. The number of hydrogen-bond donors (Lipinski definition) is 1. The van der Waals surface area contributed by atoms with E-state index in [1.54, 1.807) is 17.7 Å². The van der Waals surface area contributed by atoms with Crippen LogP contribution in [0.2, 0.25) is 0 Å². The molecule has 0 atom stereocenters. The lowest BCUT2D eigenvalue weighted by molar-refractivity contribution is 0.0695. The van der Waals surface area contributed by atoms with Crippen LogP contribution in [-0.4, -0.2) is 15.6 Å². The highest BCUT2D eigenvalue weighted by molar-refractivity contribution is 5.93. The van der Waals surface area contributed by atoms with Crippen molar-refractivity contribution in [1.29, 1.82) is 0 Å². The van der Waals surface area contributed by atoms with Crippen LogP contribution in [0.5, 0.6) is 0 Å². The minimum atomic E-state index is -1.19. The molecule has 1 N–H and O–H groups in total. The number of fused-ring (bicyclic) bond motifs is 1. The zero-order valence-electron chi connectivity index (χ0n) is 11.5. The number of carboxylic acids is 1. The maximum absolute atomic E-state index is 12.2. The molecule has 0 aliphatic heterocycles. The molecule has 0 amide bonds. The molecule has 1 heterocycles. The van der Waals surface area contributed by atoms with Crippen LogP contribution in [0, 0.1) is 6.92 Å². The number of aromatic carboxylic acids is 1. The number of aryl methyl sites for hydroxylation is 2. The molecule has 0 saturated carbocycles. The molecule has 1 aromatic heterocycles. The third-order valence-corrected chi connectivity index (χ3v) is 3.43. The Hall–Kier alpha value is -2.10. The minimum absolute atomic E-state index is 0.188. The van der Waals surface area contributed by atoms with Crippen molar-refractivity contribution in [3.63, 3.8) is 0 Å². The van der Waals surface area contributed by atoms with Crippen LogP contribution >= 0.6 is 0 Å². The van der Waals surface area contributed by atoms with E-state index in [-0.39, 0.29) is 5.56 Å². The van der Waals surface area contributed by atoms with Crippen molar-refractivity contribution in [2.75, 3.05) is 0 Å². The van der Waals surface area contributed by atoms with Crippen LogP contribution in [0.25, 0.3) is 10.9 Å². The van der Waals surface area contributed by atoms with E-state index in [9.17, 15) is 9.59 Å². The molecule has 19 heavy (non-hydrogen) atoms. The number of aromatic nitrogens is 1. The lowest BCUT2D eigenvalue weighted by Gasteiger charge is -2.14. The number of benzene rings is 1. The second-order valence-corrected chi connectivity index (χ2v) is 5.17. The highest BCUT2D eigenvalue weighted by atomic mass is 16.4. The molecule has 4 nitrogen and oxygen atoms in total. The summed E-state index contributed by atoms with van der Waals surface area (Å²) < 4.78 is 1.70. The average Bonchev–Trinajstić information content (AvgIpc) is 2.32. The summed E-state index contributed by atoms with van der Waals surface area (Å²) in [5.74, 6) is -0.827. The average molecular weight is 259 g/mol. The van der Waals surface area contributed by atoms with Gasteiger partial charge in [-0.1, -0.05) is 13.8 Å². The maximum Gasteiger partial charge on any atom is 0.341 e. The zero-order chi connectivity index (χ0) is 14.3. The van der Waals surface area contributed by atoms with Gasteiger partial charge in [0.05, 0.1) is 5.52 Å². The SMILES string of the molecule is Cc1cc2c(=O)c(C(=O)O)cn(C)c2cc1C(C)C. The van der Waals surface area contributed by atoms with Crippen LogP contribution in [0.3, 0.4) is 0 Å². The van der Waals surface area contributed by atoms with Crippen molar-refractivity contribution in [3.8, 4) is 0 Å². The van der Waals surface area contributed by atoms with Crippen molar-refractivity contribution >= 4 is 16.9 Å². The first-order valence-electron chi connectivity index (χ1n) is 6.20. The highest BCUT2D eigenvalue weighted by Gasteiger charge is 2.15. The fourth-order valence-electron chi connectivity index (χ4n) is 2.43. The first kappa shape index (κ1) is 13.3. The van der Waals surface area contributed by atoms with Crippen molar-refractivity contribution in [1.82, 2.24) is 4.57 Å². The fraction of sp³-hybridized carbons (Fsp3) is 0.333. The van der Waals surface area contributed by atoms with E-state index in [0.717, 1.165) is 11.1 Å². The molecule has 0 saturated heterocycles. The molecule has 0 spiro atoms. The Balaban J connectivity index is 2.92. The van der Waals surface area contributed by atoms with Gasteiger partial charge in [-0.15, -0.1) is 0 Å². The van der Waals surface area contributed by atoms with Gasteiger partial charge in [0.2, 0.25) is 5.43 Å². The van der Waals surface area contributed by atoms with Crippen molar-refractivity contribution < 1.29 is 9.90 Å². The molecular formula is C15H17NO3. The monoisotopic (exact) mass is 259 g/mol. The molecule has 0 aliphatic rings. The molecule has 0 bridgehead atoms. The second kappa shape index (κ2) is 4.53.